The van der Waals surface area contributed by atoms with E-state index in [1.54, 1.807) is 6.07 Å². The van der Waals surface area contributed by atoms with Gasteiger partial charge in [-0.25, -0.2) is 4.39 Å². The Hall–Kier alpha value is -1.51. The third-order valence-electron chi connectivity index (χ3n) is 3.85. The topological polar surface area (TPSA) is 14.2 Å². The van der Waals surface area contributed by atoms with E-state index in [9.17, 15) is 4.39 Å². The van der Waals surface area contributed by atoms with Crippen LogP contribution in [0.4, 0.5) is 4.39 Å². The molecule has 3 heteroatoms. The molecule has 0 aliphatic heterocycles. The second-order valence-corrected chi connectivity index (χ2v) is 5.23. The Morgan fingerprint density at radius 2 is 2.11 bits per heavy atom. The van der Waals surface area contributed by atoms with Crippen LogP contribution in [-0.2, 0) is 7.05 Å². The summed E-state index contributed by atoms with van der Waals surface area (Å²) in [7, 11) is 1.96. The molecule has 1 heterocycles. The lowest BCUT2D eigenvalue weighted by atomic mass is 10.1. The van der Waals surface area contributed by atoms with Gasteiger partial charge in [0.15, 0.2) is 0 Å². The number of fused-ring (bicyclic) bond motifs is 1. The highest BCUT2D eigenvalue weighted by molar-refractivity contribution is 5.86. The number of aryl methyl sites for hydroxylation is 1. The van der Waals surface area contributed by atoms with Crippen LogP contribution in [0.5, 0.6) is 5.75 Å². The van der Waals surface area contributed by atoms with E-state index < -0.39 is 0 Å². The number of ether oxygens (including phenoxy) is 1. The van der Waals surface area contributed by atoms with E-state index in [0.717, 1.165) is 10.9 Å². The van der Waals surface area contributed by atoms with Crippen molar-refractivity contribution in [1.29, 1.82) is 0 Å². The highest BCUT2D eigenvalue weighted by Crippen LogP contribution is 2.30. The number of aromatic nitrogens is 1. The van der Waals surface area contributed by atoms with Crippen molar-refractivity contribution in [3.63, 3.8) is 0 Å². The zero-order chi connectivity index (χ0) is 12.5. The summed E-state index contributed by atoms with van der Waals surface area (Å²) >= 11 is 0. The summed E-state index contributed by atoms with van der Waals surface area (Å²) in [5, 5.41) is 0.902. The van der Waals surface area contributed by atoms with Crippen molar-refractivity contribution < 1.29 is 9.13 Å². The number of hydrogen-bond donors (Lipinski definition) is 0. The SMILES string of the molecule is Cn1ccc2cc(F)cc(OCC3CCCC3)c21. The average molecular weight is 247 g/mol. The Bertz CT molecular complexity index is 555. The van der Waals surface area contributed by atoms with Crippen LogP contribution in [0.3, 0.4) is 0 Å². The molecule has 3 rings (SSSR count). The first kappa shape index (κ1) is 11.6. The molecule has 2 aromatic rings. The molecule has 0 spiro atoms. The van der Waals surface area contributed by atoms with E-state index in [1.165, 1.54) is 31.7 Å². The van der Waals surface area contributed by atoms with Gasteiger partial charge in [-0.2, -0.15) is 0 Å². The van der Waals surface area contributed by atoms with Gasteiger partial charge in [-0.1, -0.05) is 12.8 Å². The number of benzene rings is 1. The van der Waals surface area contributed by atoms with E-state index in [-0.39, 0.29) is 5.82 Å². The van der Waals surface area contributed by atoms with Gasteiger partial charge in [-0.15, -0.1) is 0 Å². The Labute approximate surface area is 106 Å². The lowest BCUT2D eigenvalue weighted by molar-refractivity contribution is 0.253. The molecule has 1 aromatic carbocycles. The van der Waals surface area contributed by atoms with Crippen molar-refractivity contribution in [3.05, 3.63) is 30.2 Å². The van der Waals surface area contributed by atoms with E-state index in [2.05, 4.69) is 0 Å². The summed E-state index contributed by atoms with van der Waals surface area (Å²) in [5.41, 5.74) is 0.981. The van der Waals surface area contributed by atoms with Crippen molar-refractivity contribution in [2.75, 3.05) is 6.61 Å². The molecule has 1 fully saturated rings. The van der Waals surface area contributed by atoms with Gasteiger partial charge in [0, 0.05) is 24.7 Å². The van der Waals surface area contributed by atoms with E-state index in [4.69, 9.17) is 4.74 Å². The second kappa shape index (κ2) is 4.63. The van der Waals surface area contributed by atoms with Crippen molar-refractivity contribution in [2.24, 2.45) is 13.0 Å². The predicted molar refractivity (Wildman–Crippen MR) is 70.3 cm³/mol. The molecule has 1 aliphatic rings. The molecular formula is C15H18FNO. The molecule has 1 aromatic heterocycles. The molecule has 0 saturated heterocycles. The van der Waals surface area contributed by atoms with Gasteiger partial charge in [0.2, 0.25) is 0 Å². The Kier molecular flexibility index (Phi) is 2.98. The maximum absolute atomic E-state index is 13.5. The standard InChI is InChI=1S/C15H18FNO/c1-17-7-6-12-8-13(16)9-14(15(12)17)18-10-11-4-2-3-5-11/h6-9,11H,2-5,10H2,1H3. The fourth-order valence-corrected chi connectivity index (χ4v) is 2.86. The van der Waals surface area contributed by atoms with Crippen LogP contribution < -0.4 is 4.74 Å². The molecule has 0 N–H and O–H groups in total. The number of nitrogens with zero attached hydrogens (tertiary/aromatic N) is 1. The van der Waals surface area contributed by atoms with Gasteiger partial charge < -0.3 is 9.30 Å². The van der Waals surface area contributed by atoms with Crippen molar-refractivity contribution in [1.82, 2.24) is 4.57 Å². The second-order valence-electron chi connectivity index (χ2n) is 5.23. The number of halogens is 1. The maximum atomic E-state index is 13.5. The summed E-state index contributed by atoms with van der Waals surface area (Å²) in [4.78, 5) is 0. The van der Waals surface area contributed by atoms with E-state index in [0.29, 0.717) is 18.3 Å². The van der Waals surface area contributed by atoms with Gasteiger partial charge in [0.05, 0.1) is 12.1 Å². The summed E-state index contributed by atoms with van der Waals surface area (Å²) in [6, 6.07) is 4.97. The maximum Gasteiger partial charge on any atom is 0.146 e. The smallest absolute Gasteiger partial charge is 0.146 e. The third kappa shape index (κ3) is 2.09. The molecule has 0 unspecified atom stereocenters. The van der Waals surface area contributed by atoms with Crippen LogP contribution in [0.2, 0.25) is 0 Å². The van der Waals surface area contributed by atoms with Gasteiger partial charge in [-0.05, 0) is 30.9 Å². The molecule has 0 amide bonds. The van der Waals surface area contributed by atoms with Crippen LogP contribution in [0, 0.1) is 11.7 Å². The minimum absolute atomic E-state index is 0.227. The third-order valence-corrected chi connectivity index (χ3v) is 3.85. The first-order valence-corrected chi connectivity index (χ1v) is 6.61. The molecule has 0 bridgehead atoms. The highest BCUT2D eigenvalue weighted by atomic mass is 19.1. The molecule has 2 nitrogen and oxygen atoms in total. The first-order chi connectivity index (χ1) is 8.74. The van der Waals surface area contributed by atoms with Crippen molar-refractivity contribution in [2.45, 2.75) is 25.7 Å². The molecule has 1 saturated carbocycles. The molecule has 96 valence electrons. The van der Waals surface area contributed by atoms with Crippen LogP contribution in [-0.4, -0.2) is 11.2 Å². The van der Waals surface area contributed by atoms with Gasteiger partial charge in [0.1, 0.15) is 11.6 Å². The fraction of sp³-hybridized carbons (Fsp3) is 0.467. The van der Waals surface area contributed by atoms with Crippen LogP contribution >= 0.6 is 0 Å². The van der Waals surface area contributed by atoms with Crippen LogP contribution in [0.15, 0.2) is 24.4 Å². The zero-order valence-corrected chi connectivity index (χ0v) is 10.7. The lowest BCUT2D eigenvalue weighted by Gasteiger charge is -2.13. The average Bonchev–Trinajstić information content (AvgIpc) is 2.96. The normalized spacial score (nSPS) is 16.6. The summed E-state index contributed by atoms with van der Waals surface area (Å²) in [5.74, 6) is 1.09. The van der Waals surface area contributed by atoms with E-state index >= 15 is 0 Å². The van der Waals surface area contributed by atoms with Gasteiger partial charge >= 0.3 is 0 Å². The first-order valence-electron chi connectivity index (χ1n) is 6.61. The van der Waals surface area contributed by atoms with Crippen LogP contribution in [0.1, 0.15) is 25.7 Å². The number of rotatable bonds is 3. The Balaban J connectivity index is 1.87. The quantitative estimate of drug-likeness (QED) is 0.802. The molecule has 0 atom stereocenters. The highest BCUT2D eigenvalue weighted by Gasteiger charge is 2.17. The Morgan fingerprint density at radius 3 is 2.89 bits per heavy atom. The molecule has 0 radical (unpaired) electrons. The minimum atomic E-state index is -0.227. The lowest BCUT2D eigenvalue weighted by Crippen LogP contribution is -2.08. The largest absolute Gasteiger partial charge is 0.491 e. The molecular weight excluding hydrogens is 229 g/mol. The summed E-state index contributed by atoms with van der Waals surface area (Å²) in [6.07, 6.45) is 7.03. The monoisotopic (exact) mass is 247 g/mol. The zero-order valence-electron chi connectivity index (χ0n) is 10.7. The fourth-order valence-electron chi connectivity index (χ4n) is 2.86. The van der Waals surface area contributed by atoms with E-state index in [1.807, 2.05) is 23.9 Å². The predicted octanol–water partition coefficient (Wildman–Crippen LogP) is 3.89. The summed E-state index contributed by atoms with van der Waals surface area (Å²) < 4.78 is 21.4. The molecule has 18 heavy (non-hydrogen) atoms. The minimum Gasteiger partial charge on any atom is -0.491 e. The molecule has 1 aliphatic carbocycles. The van der Waals surface area contributed by atoms with Gasteiger partial charge in [-0.3, -0.25) is 0 Å². The van der Waals surface area contributed by atoms with Crippen molar-refractivity contribution in [3.8, 4) is 5.75 Å². The van der Waals surface area contributed by atoms with Gasteiger partial charge in [0.25, 0.3) is 0 Å². The van der Waals surface area contributed by atoms with Crippen molar-refractivity contribution >= 4 is 10.9 Å². The summed E-state index contributed by atoms with van der Waals surface area (Å²) in [6.45, 7) is 0.712. The number of hydrogen-bond acceptors (Lipinski definition) is 1. The van der Waals surface area contributed by atoms with Crippen LogP contribution in [0.25, 0.3) is 10.9 Å². The Morgan fingerprint density at radius 1 is 1.33 bits per heavy atom.